The Hall–Kier alpha value is -2.10. The summed E-state index contributed by atoms with van der Waals surface area (Å²) in [6.07, 6.45) is 3.12. The molecule has 19 heavy (non-hydrogen) atoms. The van der Waals surface area contributed by atoms with E-state index in [-0.39, 0.29) is 12.3 Å². The molecule has 0 aliphatic carbocycles. The number of para-hydroxylation sites is 1. The lowest BCUT2D eigenvalue weighted by atomic mass is 10.1. The first kappa shape index (κ1) is 15.0. The molecule has 0 aromatic heterocycles. The molecule has 0 saturated carbocycles. The number of rotatable bonds is 6. The molecular formula is C15H19NO3. The zero-order valence-corrected chi connectivity index (χ0v) is 11.3. The van der Waals surface area contributed by atoms with Crippen molar-refractivity contribution in [1.82, 2.24) is 0 Å². The van der Waals surface area contributed by atoms with Crippen LogP contribution in [-0.4, -0.2) is 17.0 Å². The van der Waals surface area contributed by atoms with Gasteiger partial charge in [0, 0.05) is 17.7 Å². The van der Waals surface area contributed by atoms with E-state index in [1.54, 1.807) is 13.0 Å². The van der Waals surface area contributed by atoms with Crippen LogP contribution >= 0.6 is 0 Å². The topological polar surface area (TPSA) is 66.4 Å². The number of carboxylic acid groups (broad SMARTS) is 1. The maximum atomic E-state index is 11.9. The number of nitrogens with one attached hydrogen (secondary N) is 1. The lowest BCUT2D eigenvalue weighted by Crippen LogP contribution is -2.14. The quantitative estimate of drug-likeness (QED) is 0.773. The maximum Gasteiger partial charge on any atom is 0.303 e. The van der Waals surface area contributed by atoms with E-state index < -0.39 is 5.97 Å². The number of aliphatic carboxylic acids is 1. The van der Waals surface area contributed by atoms with Crippen LogP contribution in [0.4, 0.5) is 5.69 Å². The zero-order chi connectivity index (χ0) is 14.3. The average Bonchev–Trinajstić information content (AvgIpc) is 2.37. The Labute approximate surface area is 113 Å². The van der Waals surface area contributed by atoms with Crippen LogP contribution in [0, 0.1) is 0 Å². The van der Waals surface area contributed by atoms with Crippen molar-refractivity contribution in [2.75, 3.05) is 5.32 Å². The molecule has 102 valence electrons. The number of carboxylic acids is 1. The summed E-state index contributed by atoms with van der Waals surface area (Å²) in [4.78, 5) is 22.5. The SMILES string of the molecule is CC/C=C(/C)C(=O)Nc1ccccc1CCC(=O)O. The van der Waals surface area contributed by atoms with E-state index in [1.807, 2.05) is 31.2 Å². The van der Waals surface area contributed by atoms with Crippen LogP contribution in [0.1, 0.15) is 32.3 Å². The summed E-state index contributed by atoms with van der Waals surface area (Å²) in [7, 11) is 0. The van der Waals surface area contributed by atoms with Gasteiger partial charge in [0.2, 0.25) is 0 Å². The van der Waals surface area contributed by atoms with Crippen molar-refractivity contribution in [2.45, 2.75) is 33.1 Å². The first-order valence-corrected chi connectivity index (χ1v) is 6.32. The largest absolute Gasteiger partial charge is 0.481 e. The molecule has 0 heterocycles. The van der Waals surface area contributed by atoms with E-state index in [0.29, 0.717) is 17.7 Å². The zero-order valence-electron chi connectivity index (χ0n) is 11.3. The van der Waals surface area contributed by atoms with Crippen molar-refractivity contribution in [1.29, 1.82) is 0 Å². The fourth-order valence-corrected chi connectivity index (χ4v) is 1.72. The minimum absolute atomic E-state index is 0.0522. The smallest absolute Gasteiger partial charge is 0.303 e. The molecule has 0 bridgehead atoms. The maximum absolute atomic E-state index is 11.9. The van der Waals surface area contributed by atoms with Gasteiger partial charge < -0.3 is 10.4 Å². The molecule has 0 spiro atoms. The summed E-state index contributed by atoms with van der Waals surface area (Å²) in [5, 5.41) is 11.5. The number of hydrogen-bond donors (Lipinski definition) is 2. The van der Waals surface area contributed by atoms with Crippen molar-refractivity contribution in [3.8, 4) is 0 Å². The molecule has 0 saturated heterocycles. The van der Waals surface area contributed by atoms with Gasteiger partial charge in [0.1, 0.15) is 0 Å². The van der Waals surface area contributed by atoms with Gasteiger partial charge in [-0.05, 0) is 31.4 Å². The third-order valence-electron chi connectivity index (χ3n) is 2.74. The number of allylic oxidation sites excluding steroid dienone is 1. The molecule has 0 atom stereocenters. The monoisotopic (exact) mass is 261 g/mol. The van der Waals surface area contributed by atoms with Gasteiger partial charge in [-0.25, -0.2) is 0 Å². The van der Waals surface area contributed by atoms with Crippen LogP contribution in [0.2, 0.25) is 0 Å². The number of amides is 1. The number of carbonyl (C=O) groups excluding carboxylic acids is 1. The Morgan fingerprint density at radius 2 is 2.00 bits per heavy atom. The van der Waals surface area contributed by atoms with E-state index in [9.17, 15) is 9.59 Å². The molecule has 0 fully saturated rings. The summed E-state index contributed by atoms with van der Waals surface area (Å²) in [5.74, 6) is -0.993. The molecule has 1 rings (SSSR count). The number of carbonyl (C=O) groups is 2. The van der Waals surface area contributed by atoms with Crippen molar-refractivity contribution >= 4 is 17.6 Å². The van der Waals surface area contributed by atoms with Crippen molar-refractivity contribution < 1.29 is 14.7 Å². The molecular weight excluding hydrogens is 242 g/mol. The number of benzene rings is 1. The molecule has 0 aliphatic heterocycles. The molecule has 0 radical (unpaired) electrons. The average molecular weight is 261 g/mol. The van der Waals surface area contributed by atoms with Gasteiger partial charge in [-0.15, -0.1) is 0 Å². The Kier molecular flexibility index (Phi) is 5.79. The van der Waals surface area contributed by atoms with E-state index in [1.165, 1.54) is 0 Å². The molecule has 0 unspecified atom stereocenters. The van der Waals surface area contributed by atoms with Crippen LogP contribution < -0.4 is 5.32 Å². The number of aryl methyl sites for hydroxylation is 1. The van der Waals surface area contributed by atoms with Crippen LogP contribution in [-0.2, 0) is 16.0 Å². The third-order valence-corrected chi connectivity index (χ3v) is 2.74. The van der Waals surface area contributed by atoms with Crippen LogP contribution in [0.25, 0.3) is 0 Å². The standard InChI is InChI=1S/C15H19NO3/c1-3-6-11(2)15(19)16-13-8-5-4-7-12(13)9-10-14(17)18/h4-8H,3,9-10H2,1-2H3,(H,16,19)(H,17,18)/b11-6-. The lowest BCUT2D eigenvalue weighted by Gasteiger charge is -2.10. The second-order valence-corrected chi connectivity index (χ2v) is 4.30. The van der Waals surface area contributed by atoms with E-state index in [2.05, 4.69) is 5.32 Å². The molecule has 0 aliphatic rings. The van der Waals surface area contributed by atoms with Gasteiger partial charge in [0.05, 0.1) is 0 Å². The van der Waals surface area contributed by atoms with E-state index in [0.717, 1.165) is 12.0 Å². The molecule has 1 amide bonds. The van der Waals surface area contributed by atoms with Crippen LogP contribution in [0.15, 0.2) is 35.9 Å². The van der Waals surface area contributed by atoms with E-state index in [4.69, 9.17) is 5.11 Å². The van der Waals surface area contributed by atoms with Gasteiger partial charge >= 0.3 is 5.97 Å². The van der Waals surface area contributed by atoms with E-state index >= 15 is 0 Å². The molecule has 1 aromatic rings. The van der Waals surface area contributed by atoms with Crippen molar-refractivity contribution in [2.24, 2.45) is 0 Å². The third kappa shape index (κ3) is 4.95. The minimum Gasteiger partial charge on any atom is -0.481 e. The van der Waals surface area contributed by atoms with Crippen molar-refractivity contribution in [3.05, 3.63) is 41.5 Å². The van der Waals surface area contributed by atoms with Gasteiger partial charge in [-0.3, -0.25) is 9.59 Å². The first-order valence-electron chi connectivity index (χ1n) is 6.32. The summed E-state index contributed by atoms with van der Waals surface area (Å²) in [5.41, 5.74) is 2.18. The van der Waals surface area contributed by atoms with Gasteiger partial charge in [0.15, 0.2) is 0 Å². The fraction of sp³-hybridized carbons (Fsp3) is 0.333. The van der Waals surface area contributed by atoms with Crippen LogP contribution in [0.3, 0.4) is 0 Å². The van der Waals surface area contributed by atoms with Gasteiger partial charge in [-0.1, -0.05) is 31.2 Å². The Bertz CT molecular complexity index is 492. The van der Waals surface area contributed by atoms with Crippen molar-refractivity contribution in [3.63, 3.8) is 0 Å². The summed E-state index contributed by atoms with van der Waals surface area (Å²) < 4.78 is 0. The Morgan fingerprint density at radius 3 is 2.63 bits per heavy atom. The molecule has 1 aromatic carbocycles. The molecule has 4 heteroatoms. The number of hydrogen-bond acceptors (Lipinski definition) is 2. The molecule has 2 N–H and O–H groups in total. The highest BCUT2D eigenvalue weighted by Gasteiger charge is 2.08. The second kappa shape index (κ2) is 7.36. The van der Waals surface area contributed by atoms with Gasteiger partial charge in [0.25, 0.3) is 5.91 Å². The minimum atomic E-state index is -0.844. The summed E-state index contributed by atoms with van der Waals surface area (Å²) in [6.45, 7) is 3.73. The summed E-state index contributed by atoms with van der Waals surface area (Å²) >= 11 is 0. The lowest BCUT2D eigenvalue weighted by molar-refractivity contribution is -0.136. The highest BCUT2D eigenvalue weighted by molar-refractivity contribution is 6.03. The Morgan fingerprint density at radius 1 is 1.32 bits per heavy atom. The molecule has 4 nitrogen and oxygen atoms in total. The Balaban J connectivity index is 2.80. The predicted octanol–water partition coefficient (Wildman–Crippen LogP) is 3.00. The highest BCUT2D eigenvalue weighted by Crippen LogP contribution is 2.17. The first-order chi connectivity index (χ1) is 9.04. The summed E-state index contributed by atoms with van der Waals surface area (Å²) in [6, 6.07) is 7.27. The fourth-order valence-electron chi connectivity index (χ4n) is 1.72. The second-order valence-electron chi connectivity index (χ2n) is 4.30. The number of anilines is 1. The van der Waals surface area contributed by atoms with Crippen LogP contribution in [0.5, 0.6) is 0 Å². The normalized spacial score (nSPS) is 11.2. The highest BCUT2D eigenvalue weighted by atomic mass is 16.4. The predicted molar refractivity (Wildman–Crippen MR) is 75.1 cm³/mol. The van der Waals surface area contributed by atoms with Gasteiger partial charge in [-0.2, -0.15) is 0 Å².